The maximum atomic E-state index is 14.7. The molecule has 1 N–H and O–H groups in total. The zero-order chi connectivity index (χ0) is 26.9. The van der Waals surface area contributed by atoms with Gasteiger partial charge in [0.15, 0.2) is 11.6 Å². The van der Waals surface area contributed by atoms with Gasteiger partial charge in [-0.15, -0.1) is 0 Å². The SMILES string of the molecule is CC(C)c1cc(C(C)C)c(C(=O)[C@H]2CC[C@H]3[C@@H]4CNC5=CC(=O)CC[C@]5(C)[C@H]4CC[C@]23C)c(C(C)C)c1. The minimum atomic E-state index is 0.0568. The van der Waals surface area contributed by atoms with Crippen molar-refractivity contribution in [1.82, 2.24) is 5.32 Å². The molecule has 3 nitrogen and oxygen atoms in total. The summed E-state index contributed by atoms with van der Waals surface area (Å²) in [6.45, 7) is 19.3. The van der Waals surface area contributed by atoms with Crippen molar-refractivity contribution >= 4 is 11.6 Å². The largest absolute Gasteiger partial charge is 0.387 e. The molecule has 0 spiro atoms. The van der Waals surface area contributed by atoms with Crippen LogP contribution < -0.4 is 5.32 Å². The number of allylic oxidation sites excluding steroid dienone is 2. The Kier molecular flexibility index (Phi) is 6.77. The van der Waals surface area contributed by atoms with Crippen LogP contribution in [0.1, 0.15) is 139 Å². The number of Topliss-reactive ketones (excluding diaryl/α,β-unsaturated/α-hetero) is 1. The van der Waals surface area contributed by atoms with Gasteiger partial charge in [0.2, 0.25) is 0 Å². The number of ketones is 2. The zero-order valence-corrected chi connectivity index (χ0v) is 24.5. The molecule has 3 heteroatoms. The molecule has 1 aromatic rings. The third-order valence-corrected chi connectivity index (χ3v) is 11.3. The molecule has 1 heterocycles. The van der Waals surface area contributed by atoms with Gasteiger partial charge in [-0.05, 0) is 89.7 Å². The van der Waals surface area contributed by atoms with Gasteiger partial charge in [0.1, 0.15) is 0 Å². The third-order valence-electron chi connectivity index (χ3n) is 11.3. The second kappa shape index (κ2) is 9.38. The molecule has 3 fully saturated rings. The van der Waals surface area contributed by atoms with Crippen molar-refractivity contribution in [3.8, 4) is 0 Å². The average Bonchev–Trinajstić information content (AvgIpc) is 3.20. The molecular weight excluding hydrogens is 454 g/mol. The maximum Gasteiger partial charge on any atom is 0.167 e. The zero-order valence-electron chi connectivity index (χ0n) is 24.5. The fraction of sp³-hybridized carbons (Fsp3) is 0.706. The minimum absolute atomic E-state index is 0.0568. The Bertz CT molecular complexity index is 1100. The van der Waals surface area contributed by atoms with Gasteiger partial charge in [0.25, 0.3) is 0 Å². The predicted molar refractivity (Wildman–Crippen MR) is 152 cm³/mol. The molecule has 6 atom stereocenters. The molecule has 4 aliphatic rings. The first kappa shape index (κ1) is 26.7. The number of hydrogen-bond donors (Lipinski definition) is 1. The van der Waals surface area contributed by atoms with Crippen molar-refractivity contribution in [2.45, 2.75) is 112 Å². The first-order valence-electron chi connectivity index (χ1n) is 15.1. The van der Waals surface area contributed by atoms with E-state index in [4.69, 9.17) is 0 Å². The molecule has 0 aromatic heterocycles. The molecule has 3 aliphatic carbocycles. The summed E-state index contributed by atoms with van der Waals surface area (Å²) in [7, 11) is 0. The van der Waals surface area contributed by atoms with Crippen LogP contribution in [0.15, 0.2) is 23.9 Å². The highest BCUT2D eigenvalue weighted by Crippen LogP contribution is 2.64. The van der Waals surface area contributed by atoms with E-state index in [1.54, 1.807) is 0 Å². The van der Waals surface area contributed by atoms with E-state index in [2.05, 4.69) is 72.8 Å². The maximum absolute atomic E-state index is 14.7. The summed E-state index contributed by atoms with van der Waals surface area (Å²) in [6.07, 6.45) is 8.02. The first-order chi connectivity index (χ1) is 17.4. The molecule has 0 radical (unpaired) electrons. The lowest BCUT2D eigenvalue weighted by atomic mass is 9.49. The van der Waals surface area contributed by atoms with Crippen molar-refractivity contribution in [2.75, 3.05) is 6.54 Å². The fourth-order valence-corrected chi connectivity index (χ4v) is 8.99. The summed E-state index contributed by atoms with van der Waals surface area (Å²) in [5, 5.41) is 3.72. The van der Waals surface area contributed by atoms with Gasteiger partial charge in [-0.3, -0.25) is 9.59 Å². The van der Waals surface area contributed by atoms with E-state index in [9.17, 15) is 9.59 Å². The predicted octanol–water partition coefficient (Wildman–Crippen LogP) is 8.15. The van der Waals surface area contributed by atoms with E-state index >= 15 is 0 Å². The van der Waals surface area contributed by atoms with E-state index in [-0.39, 0.29) is 22.5 Å². The van der Waals surface area contributed by atoms with Gasteiger partial charge in [-0.25, -0.2) is 0 Å². The van der Waals surface area contributed by atoms with Crippen molar-refractivity contribution in [3.63, 3.8) is 0 Å². The molecule has 37 heavy (non-hydrogen) atoms. The van der Waals surface area contributed by atoms with Crippen LogP contribution in [-0.4, -0.2) is 18.1 Å². The van der Waals surface area contributed by atoms with E-state index in [1.165, 1.54) is 28.8 Å². The summed E-state index contributed by atoms with van der Waals surface area (Å²) < 4.78 is 0. The molecular formula is C34H49NO2. The molecule has 2 saturated carbocycles. The number of benzene rings is 1. The van der Waals surface area contributed by atoms with E-state index in [0.717, 1.165) is 37.8 Å². The van der Waals surface area contributed by atoms with Gasteiger partial charge in [0.05, 0.1) is 0 Å². The summed E-state index contributed by atoms with van der Waals surface area (Å²) in [4.78, 5) is 26.8. The van der Waals surface area contributed by atoms with Crippen molar-refractivity contribution in [3.05, 3.63) is 46.2 Å². The number of piperidine rings is 1. The van der Waals surface area contributed by atoms with Crippen LogP contribution in [0.25, 0.3) is 0 Å². The lowest BCUT2D eigenvalue weighted by molar-refractivity contribution is -0.117. The molecule has 0 amide bonds. The quantitative estimate of drug-likeness (QED) is 0.412. The van der Waals surface area contributed by atoms with E-state index < -0.39 is 0 Å². The monoisotopic (exact) mass is 503 g/mol. The average molecular weight is 504 g/mol. The van der Waals surface area contributed by atoms with Gasteiger partial charge in [0, 0.05) is 41.6 Å². The number of carbonyl (C=O) groups excluding carboxylic acids is 2. The summed E-state index contributed by atoms with van der Waals surface area (Å²) in [6, 6.07) is 4.68. The van der Waals surface area contributed by atoms with Crippen LogP contribution >= 0.6 is 0 Å². The normalized spacial score (nSPS) is 35.2. The number of fused-ring (bicyclic) bond motifs is 5. The second-order valence-electron chi connectivity index (χ2n) is 14.3. The molecule has 1 saturated heterocycles. The fourth-order valence-electron chi connectivity index (χ4n) is 8.99. The summed E-state index contributed by atoms with van der Waals surface area (Å²) in [5.41, 5.74) is 6.25. The van der Waals surface area contributed by atoms with Crippen LogP contribution in [0.2, 0.25) is 0 Å². The lowest BCUT2D eigenvalue weighted by Gasteiger charge is -2.58. The standard InChI is InChI=1S/C34H49NO2/c1-19(2)22-15-24(20(3)4)31(25(16-22)21(5)6)32(37)29-10-9-27-26-18-35-30-17-23(36)11-13-34(30,8)28(26)12-14-33(27,29)7/h15-17,19-21,26-29,35H,9-14,18H2,1-8H3/t26-,27-,28-,29+,33-,34+/m0/s1. The smallest absolute Gasteiger partial charge is 0.167 e. The molecule has 1 aromatic carbocycles. The minimum Gasteiger partial charge on any atom is -0.387 e. The van der Waals surface area contributed by atoms with Gasteiger partial charge in [-0.2, -0.15) is 0 Å². The number of carbonyl (C=O) groups is 2. The van der Waals surface area contributed by atoms with Crippen LogP contribution in [0.3, 0.4) is 0 Å². The van der Waals surface area contributed by atoms with Crippen LogP contribution in [0.5, 0.6) is 0 Å². The van der Waals surface area contributed by atoms with Crippen LogP contribution in [0.4, 0.5) is 0 Å². The highest BCUT2D eigenvalue weighted by molar-refractivity contribution is 6.01. The van der Waals surface area contributed by atoms with Crippen molar-refractivity contribution < 1.29 is 9.59 Å². The highest BCUT2D eigenvalue weighted by atomic mass is 16.1. The third kappa shape index (κ3) is 4.14. The Labute approximate surface area is 225 Å². The van der Waals surface area contributed by atoms with Gasteiger partial charge >= 0.3 is 0 Å². The number of nitrogens with one attached hydrogen (secondary N) is 1. The highest BCUT2D eigenvalue weighted by Gasteiger charge is 2.60. The Morgan fingerprint density at radius 3 is 2.14 bits per heavy atom. The van der Waals surface area contributed by atoms with Gasteiger partial charge < -0.3 is 5.32 Å². The molecule has 0 unspecified atom stereocenters. The van der Waals surface area contributed by atoms with Crippen LogP contribution in [-0.2, 0) is 4.79 Å². The lowest BCUT2D eigenvalue weighted by Crippen LogP contribution is -2.57. The van der Waals surface area contributed by atoms with Crippen molar-refractivity contribution in [2.24, 2.45) is 34.5 Å². The number of hydrogen-bond acceptors (Lipinski definition) is 3. The van der Waals surface area contributed by atoms with Gasteiger partial charge in [-0.1, -0.05) is 67.5 Å². The molecule has 1 aliphatic heterocycles. The van der Waals surface area contributed by atoms with Crippen molar-refractivity contribution in [1.29, 1.82) is 0 Å². The first-order valence-corrected chi connectivity index (χ1v) is 15.1. The number of rotatable bonds is 5. The Balaban J connectivity index is 1.50. The molecule has 0 bridgehead atoms. The second-order valence-corrected chi connectivity index (χ2v) is 14.3. The Hall–Kier alpha value is -1.90. The summed E-state index contributed by atoms with van der Waals surface area (Å²) in [5.74, 6) is 3.69. The van der Waals surface area contributed by atoms with E-state index in [0.29, 0.717) is 47.7 Å². The molecule has 202 valence electrons. The van der Waals surface area contributed by atoms with E-state index in [1.807, 2.05) is 6.08 Å². The molecule has 5 rings (SSSR count). The Morgan fingerprint density at radius 2 is 1.54 bits per heavy atom. The summed E-state index contributed by atoms with van der Waals surface area (Å²) >= 11 is 0. The topological polar surface area (TPSA) is 46.2 Å². The van der Waals surface area contributed by atoms with Crippen LogP contribution in [0, 0.1) is 34.5 Å². The Morgan fingerprint density at radius 1 is 0.892 bits per heavy atom.